The first-order valence-electron chi connectivity index (χ1n) is 5.91. The van der Waals surface area contributed by atoms with E-state index in [1.807, 2.05) is 0 Å². The van der Waals surface area contributed by atoms with Crippen molar-refractivity contribution in [3.8, 4) is 5.75 Å². The molecule has 1 aromatic rings. The van der Waals surface area contributed by atoms with E-state index in [1.54, 1.807) is 45.0 Å². The zero-order valence-electron chi connectivity index (χ0n) is 11.6. The summed E-state index contributed by atoms with van der Waals surface area (Å²) in [6, 6.07) is 4.84. The van der Waals surface area contributed by atoms with Crippen molar-refractivity contribution in [2.45, 2.75) is 33.3 Å². The Kier molecular flexibility index (Phi) is 4.48. The molecule has 0 atom stereocenters. The Morgan fingerprint density at radius 3 is 2.37 bits per heavy atom. The largest absolute Gasteiger partial charge is 0.456 e. The number of hydrogen-bond acceptors (Lipinski definition) is 4. The maximum atomic E-state index is 12.1. The van der Waals surface area contributed by atoms with Crippen LogP contribution in [0.2, 0.25) is 0 Å². The smallest absolute Gasteiger partial charge is 0.342 e. The van der Waals surface area contributed by atoms with Crippen LogP contribution in [-0.2, 0) is 9.53 Å². The van der Waals surface area contributed by atoms with Crippen molar-refractivity contribution < 1.29 is 19.1 Å². The molecule has 0 heterocycles. The first-order valence-corrected chi connectivity index (χ1v) is 5.91. The molecule has 19 heavy (non-hydrogen) atoms. The van der Waals surface area contributed by atoms with Gasteiger partial charge in [-0.1, -0.05) is 18.7 Å². The Morgan fingerprint density at radius 2 is 1.89 bits per heavy atom. The van der Waals surface area contributed by atoms with Gasteiger partial charge in [0.05, 0.1) is 0 Å². The van der Waals surface area contributed by atoms with Crippen molar-refractivity contribution in [1.82, 2.24) is 0 Å². The Morgan fingerprint density at radius 1 is 1.26 bits per heavy atom. The summed E-state index contributed by atoms with van der Waals surface area (Å²) in [7, 11) is 0. The topological polar surface area (TPSA) is 52.6 Å². The van der Waals surface area contributed by atoms with Gasteiger partial charge in [0.1, 0.15) is 16.9 Å². The first kappa shape index (κ1) is 15.0. The van der Waals surface area contributed by atoms with Crippen LogP contribution in [0.5, 0.6) is 5.75 Å². The van der Waals surface area contributed by atoms with E-state index in [0.29, 0.717) is 0 Å². The summed E-state index contributed by atoms with van der Waals surface area (Å²) < 4.78 is 10.3. The van der Waals surface area contributed by atoms with Gasteiger partial charge in [0.2, 0.25) is 0 Å². The minimum atomic E-state index is -0.616. The lowest BCUT2D eigenvalue weighted by Gasteiger charge is -2.20. The van der Waals surface area contributed by atoms with E-state index in [1.165, 1.54) is 6.92 Å². The zero-order chi connectivity index (χ0) is 14.6. The first-order chi connectivity index (χ1) is 8.73. The molecular formula is C15H18O4. The summed E-state index contributed by atoms with van der Waals surface area (Å²) in [4.78, 5) is 23.1. The van der Waals surface area contributed by atoms with Gasteiger partial charge in [-0.25, -0.2) is 4.79 Å². The normalized spacial score (nSPS) is 10.7. The number of carbonyl (C=O) groups excluding carboxylic acids is 2. The van der Waals surface area contributed by atoms with Crippen LogP contribution in [0.15, 0.2) is 24.8 Å². The van der Waals surface area contributed by atoms with Gasteiger partial charge < -0.3 is 9.47 Å². The number of benzene rings is 1. The van der Waals surface area contributed by atoms with Crippen molar-refractivity contribution in [2.24, 2.45) is 0 Å². The van der Waals surface area contributed by atoms with Crippen LogP contribution < -0.4 is 4.74 Å². The molecule has 1 rings (SSSR count). The fraction of sp³-hybridized carbons (Fsp3) is 0.333. The van der Waals surface area contributed by atoms with E-state index >= 15 is 0 Å². The minimum absolute atomic E-state index is 0.187. The monoisotopic (exact) mass is 262 g/mol. The molecule has 0 saturated carbocycles. The average Bonchev–Trinajstić information content (AvgIpc) is 2.26. The molecule has 0 fully saturated rings. The molecule has 0 aliphatic rings. The quantitative estimate of drug-likeness (QED) is 0.620. The second-order valence-corrected chi connectivity index (χ2v) is 5.06. The Hall–Kier alpha value is -2.10. The molecule has 0 aliphatic carbocycles. The maximum Gasteiger partial charge on any atom is 0.342 e. The third-order valence-electron chi connectivity index (χ3n) is 2.11. The molecule has 0 N–H and O–H groups in total. The highest BCUT2D eigenvalue weighted by molar-refractivity contribution is 5.94. The average molecular weight is 262 g/mol. The number of esters is 2. The standard InChI is InChI=1S/C15H18O4/c1-6-11-7-8-13(18-10(2)16)12(9-11)14(17)19-15(3,4)5/h6-9H,1H2,2-5H3. The van der Waals surface area contributed by atoms with Crippen LogP contribution in [0.25, 0.3) is 6.08 Å². The fourth-order valence-electron chi connectivity index (χ4n) is 1.41. The van der Waals surface area contributed by atoms with Crippen molar-refractivity contribution in [2.75, 3.05) is 0 Å². The molecule has 4 nitrogen and oxygen atoms in total. The second-order valence-electron chi connectivity index (χ2n) is 5.06. The number of carbonyl (C=O) groups is 2. The lowest BCUT2D eigenvalue weighted by molar-refractivity contribution is -0.131. The predicted octanol–water partition coefficient (Wildman–Crippen LogP) is 3.21. The molecule has 0 aliphatic heterocycles. The molecule has 0 radical (unpaired) electrons. The highest BCUT2D eigenvalue weighted by Crippen LogP contribution is 2.24. The van der Waals surface area contributed by atoms with Gasteiger partial charge in [0, 0.05) is 6.92 Å². The maximum absolute atomic E-state index is 12.1. The Bertz CT molecular complexity index is 509. The number of ether oxygens (including phenoxy) is 2. The summed E-state index contributed by atoms with van der Waals surface area (Å²) in [5.41, 5.74) is 0.341. The van der Waals surface area contributed by atoms with E-state index in [-0.39, 0.29) is 11.3 Å². The summed E-state index contributed by atoms with van der Waals surface area (Å²) >= 11 is 0. The van der Waals surface area contributed by atoms with Gasteiger partial charge in [-0.3, -0.25) is 4.79 Å². The molecule has 0 unspecified atom stereocenters. The molecule has 0 amide bonds. The predicted molar refractivity (Wildman–Crippen MR) is 73.0 cm³/mol. The van der Waals surface area contributed by atoms with E-state index in [2.05, 4.69) is 6.58 Å². The van der Waals surface area contributed by atoms with Gasteiger partial charge in [-0.2, -0.15) is 0 Å². The van der Waals surface area contributed by atoms with E-state index in [0.717, 1.165) is 5.56 Å². The number of hydrogen-bond donors (Lipinski definition) is 0. The van der Waals surface area contributed by atoms with Crippen LogP contribution in [0, 0.1) is 0 Å². The molecule has 0 saturated heterocycles. The van der Waals surface area contributed by atoms with Gasteiger partial charge in [0.15, 0.2) is 0 Å². The van der Waals surface area contributed by atoms with Gasteiger partial charge >= 0.3 is 11.9 Å². The molecule has 1 aromatic carbocycles. The van der Waals surface area contributed by atoms with E-state index < -0.39 is 17.5 Å². The van der Waals surface area contributed by atoms with Crippen LogP contribution >= 0.6 is 0 Å². The number of rotatable bonds is 3. The van der Waals surface area contributed by atoms with Gasteiger partial charge in [0.25, 0.3) is 0 Å². The van der Waals surface area contributed by atoms with Crippen molar-refractivity contribution in [3.63, 3.8) is 0 Å². The molecule has 0 spiro atoms. The van der Waals surface area contributed by atoms with Crippen LogP contribution in [-0.4, -0.2) is 17.5 Å². The van der Waals surface area contributed by atoms with Crippen molar-refractivity contribution in [1.29, 1.82) is 0 Å². The molecule has 0 aromatic heterocycles. The van der Waals surface area contributed by atoms with Gasteiger partial charge in [-0.15, -0.1) is 0 Å². The lowest BCUT2D eigenvalue weighted by atomic mass is 10.1. The minimum Gasteiger partial charge on any atom is -0.456 e. The molecule has 102 valence electrons. The zero-order valence-corrected chi connectivity index (χ0v) is 11.6. The Balaban J connectivity index is 3.17. The summed E-state index contributed by atoms with van der Waals surface area (Å²) in [6.07, 6.45) is 1.60. The van der Waals surface area contributed by atoms with E-state index in [4.69, 9.17) is 9.47 Å². The third-order valence-corrected chi connectivity index (χ3v) is 2.11. The summed E-state index contributed by atoms with van der Waals surface area (Å²) in [5, 5.41) is 0. The van der Waals surface area contributed by atoms with Crippen LogP contribution in [0.1, 0.15) is 43.6 Å². The van der Waals surface area contributed by atoms with Crippen LogP contribution in [0.3, 0.4) is 0 Å². The van der Waals surface area contributed by atoms with Crippen molar-refractivity contribution >= 4 is 18.0 Å². The fourth-order valence-corrected chi connectivity index (χ4v) is 1.41. The molecule has 0 bridgehead atoms. The Labute approximate surface area is 113 Å². The lowest BCUT2D eigenvalue weighted by Crippen LogP contribution is -2.24. The van der Waals surface area contributed by atoms with Crippen LogP contribution in [0.4, 0.5) is 0 Å². The van der Waals surface area contributed by atoms with Crippen molar-refractivity contribution in [3.05, 3.63) is 35.9 Å². The summed E-state index contributed by atoms with van der Waals surface area (Å²) in [6.45, 7) is 10.2. The highest BCUT2D eigenvalue weighted by Gasteiger charge is 2.22. The summed E-state index contributed by atoms with van der Waals surface area (Å²) in [5.74, 6) is -0.837. The van der Waals surface area contributed by atoms with E-state index in [9.17, 15) is 9.59 Å². The van der Waals surface area contributed by atoms with Gasteiger partial charge in [-0.05, 0) is 38.5 Å². The second kappa shape index (κ2) is 5.69. The highest BCUT2D eigenvalue weighted by atomic mass is 16.6. The molecule has 4 heteroatoms. The third kappa shape index (κ3) is 4.58. The molecular weight excluding hydrogens is 244 g/mol. The SMILES string of the molecule is C=Cc1ccc(OC(C)=O)c(C(=O)OC(C)(C)C)c1.